The molecule has 1 heterocycles. The van der Waals surface area contributed by atoms with E-state index in [2.05, 4.69) is 89.6 Å². The maximum atomic E-state index is 4.68. The molecule has 1 aromatic heterocycles. The summed E-state index contributed by atoms with van der Waals surface area (Å²) in [4.78, 5) is 0. The molecule has 4 aromatic rings. The van der Waals surface area contributed by atoms with E-state index in [1.54, 1.807) is 0 Å². The lowest BCUT2D eigenvalue weighted by atomic mass is 10.2. The Morgan fingerprint density at radius 2 is 1.32 bits per heavy atom. The molecule has 2 nitrogen and oxygen atoms in total. The molecule has 0 N–H and O–H groups in total. The normalized spacial score (nSPS) is 11.2. The molecule has 0 aliphatic carbocycles. The van der Waals surface area contributed by atoms with Gasteiger partial charge in [0.05, 0.1) is 16.7 Å². The third-order valence-electron chi connectivity index (χ3n) is 4.74. The van der Waals surface area contributed by atoms with E-state index in [9.17, 15) is 0 Å². The van der Waals surface area contributed by atoms with Crippen molar-refractivity contribution in [3.05, 3.63) is 72.8 Å². The lowest BCUT2D eigenvalue weighted by molar-refractivity contribution is 0.681. The Labute approximate surface area is 149 Å². The Balaban J connectivity index is 1.71. The highest BCUT2D eigenvalue weighted by atomic mass is 15.0. The number of aromatic nitrogens is 1. The van der Waals surface area contributed by atoms with Gasteiger partial charge in [0.15, 0.2) is 0 Å². The molecule has 4 rings (SSSR count). The fourth-order valence-electron chi connectivity index (χ4n) is 3.48. The summed E-state index contributed by atoms with van der Waals surface area (Å²) < 4.78 is 2.34. The molecule has 125 valence electrons. The van der Waals surface area contributed by atoms with Crippen molar-refractivity contribution in [3.63, 3.8) is 0 Å². The smallest absolute Gasteiger partial charge is 0.0575 e. The van der Waals surface area contributed by atoms with Crippen molar-refractivity contribution in [2.45, 2.75) is 26.2 Å². The molecule has 0 fully saturated rings. The molecule has 0 saturated carbocycles. The molecule has 1 radical (unpaired) electrons. The molecule has 0 spiro atoms. The highest BCUT2D eigenvalue weighted by molar-refractivity contribution is 6.09. The molecular weight excluding hydrogens is 304 g/mol. The van der Waals surface area contributed by atoms with Crippen LogP contribution in [-0.2, 0) is 0 Å². The van der Waals surface area contributed by atoms with E-state index in [1.807, 2.05) is 0 Å². The summed E-state index contributed by atoms with van der Waals surface area (Å²) in [5.74, 6) is 0. The van der Waals surface area contributed by atoms with Crippen LogP contribution < -0.4 is 5.32 Å². The molecule has 2 heteroatoms. The second kappa shape index (κ2) is 7.02. The van der Waals surface area contributed by atoms with Crippen LogP contribution in [0.5, 0.6) is 0 Å². The predicted molar refractivity (Wildman–Crippen MR) is 107 cm³/mol. The molecule has 0 unspecified atom stereocenters. The standard InChI is InChI=1S/C23H23N2/c1-2-3-8-17-24-18-13-15-19(16-14-18)25-22-11-6-4-9-20(22)21-10-5-7-12-23(21)25/h4-7,9-16H,2-3,8,17H2,1H3. The number of para-hydroxylation sites is 2. The van der Waals surface area contributed by atoms with Crippen molar-refractivity contribution in [2.24, 2.45) is 0 Å². The van der Waals surface area contributed by atoms with E-state index in [4.69, 9.17) is 0 Å². The van der Waals surface area contributed by atoms with Crippen LogP contribution in [0.4, 0.5) is 5.69 Å². The first-order valence-electron chi connectivity index (χ1n) is 9.14. The largest absolute Gasteiger partial charge is 0.309 e. The highest BCUT2D eigenvalue weighted by Gasteiger charge is 2.10. The number of hydrogen-bond acceptors (Lipinski definition) is 0. The fraction of sp³-hybridized carbons (Fsp3) is 0.217. The highest BCUT2D eigenvalue weighted by Crippen LogP contribution is 2.31. The first-order valence-corrected chi connectivity index (χ1v) is 9.14. The Kier molecular flexibility index (Phi) is 4.43. The number of hydrogen-bond donors (Lipinski definition) is 0. The zero-order valence-corrected chi connectivity index (χ0v) is 14.7. The van der Waals surface area contributed by atoms with E-state index in [1.165, 1.54) is 46.8 Å². The number of fused-ring (bicyclic) bond motifs is 3. The van der Waals surface area contributed by atoms with Crippen LogP contribution in [0.1, 0.15) is 26.2 Å². The predicted octanol–water partition coefficient (Wildman–Crippen LogP) is 6.21. The van der Waals surface area contributed by atoms with Crippen LogP contribution >= 0.6 is 0 Å². The molecule has 0 saturated heterocycles. The maximum absolute atomic E-state index is 4.68. The molecule has 0 atom stereocenters. The first kappa shape index (κ1) is 15.8. The Morgan fingerprint density at radius 3 is 1.92 bits per heavy atom. The van der Waals surface area contributed by atoms with E-state index in [0.29, 0.717) is 0 Å². The molecule has 0 aliphatic rings. The van der Waals surface area contributed by atoms with Crippen LogP contribution in [0.2, 0.25) is 0 Å². The first-order chi connectivity index (χ1) is 12.4. The lowest BCUT2D eigenvalue weighted by Gasteiger charge is -2.09. The summed E-state index contributed by atoms with van der Waals surface area (Å²) in [6, 6.07) is 25.8. The third-order valence-corrected chi connectivity index (χ3v) is 4.74. The summed E-state index contributed by atoms with van der Waals surface area (Å²) in [6.45, 7) is 3.14. The molecular formula is C23H23N2. The van der Waals surface area contributed by atoms with Gasteiger partial charge in [0.2, 0.25) is 0 Å². The van der Waals surface area contributed by atoms with Crippen LogP contribution in [0.3, 0.4) is 0 Å². The van der Waals surface area contributed by atoms with Gasteiger partial charge in [-0.3, -0.25) is 5.32 Å². The summed E-state index contributed by atoms with van der Waals surface area (Å²) in [5, 5.41) is 7.28. The minimum atomic E-state index is 0.919. The summed E-state index contributed by atoms with van der Waals surface area (Å²) in [5.41, 5.74) is 4.75. The van der Waals surface area contributed by atoms with Crippen LogP contribution in [0, 0.1) is 0 Å². The quantitative estimate of drug-likeness (QED) is 0.375. The molecule has 0 aliphatic heterocycles. The Hall–Kier alpha value is -2.74. The second-order valence-corrected chi connectivity index (χ2v) is 6.47. The Bertz CT molecular complexity index is 927. The van der Waals surface area contributed by atoms with Gasteiger partial charge in [-0.25, -0.2) is 0 Å². The number of rotatable bonds is 6. The van der Waals surface area contributed by atoms with Gasteiger partial charge in [-0.1, -0.05) is 56.2 Å². The minimum absolute atomic E-state index is 0.919. The van der Waals surface area contributed by atoms with Gasteiger partial charge in [-0.15, -0.1) is 0 Å². The van der Waals surface area contributed by atoms with Crippen molar-refractivity contribution >= 4 is 27.5 Å². The molecule has 3 aromatic carbocycles. The van der Waals surface area contributed by atoms with Crippen molar-refractivity contribution in [1.82, 2.24) is 9.88 Å². The van der Waals surface area contributed by atoms with Gasteiger partial charge in [0, 0.05) is 23.0 Å². The van der Waals surface area contributed by atoms with Crippen molar-refractivity contribution in [3.8, 4) is 5.69 Å². The number of nitrogens with zero attached hydrogens (tertiary/aromatic N) is 2. The van der Waals surface area contributed by atoms with Crippen molar-refractivity contribution < 1.29 is 0 Å². The van der Waals surface area contributed by atoms with E-state index in [-0.39, 0.29) is 0 Å². The fourth-order valence-corrected chi connectivity index (χ4v) is 3.48. The van der Waals surface area contributed by atoms with Gasteiger partial charge < -0.3 is 4.57 Å². The molecule has 0 bridgehead atoms. The van der Waals surface area contributed by atoms with Crippen LogP contribution in [0.15, 0.2) is 72.8 Å². The average Bonchev–Trinajstić information content (AvgIpc) is 3.00. The van der Waals surface area contributed by atoms with Crippen LogP contribution in [-0.4, -0.2) is 11.1 Å². The van der Waals surface area contributed by atoms with Crippen molar-refractivity contribution in [2.75, 3.05) is 6.54 Å². The van der Waals surface area contributed by atoms with Crippen LogP contribution in [0.25, 0.3) is 27.5 Å². The van der Waals surface area contributed by atoms with Gasteiger partial charge in [-0.05, 0) is 42.8 Å². The third kappa shape index (κ3) is 3.00. The molecule has 0 amide bonds. The monoisotopic (exact) mass is 327 g/mol. The molecule has 25 heavy (non-hydrogen) atoms. The van der Waals surface area contributed by atoms with E-state index in [0.717, 1.165) is 12.2 Å². The van der Waals surface area contributed by atoms with Crippen molar-refractivity contribution in [1.29, 1.82) is 0 Å². The second-order valence-electron chi connectivity index (χ2n) is 6.47. The van der Waals surface area contributed by atoms with Gasteiger partial charge >= 0.3 is 0 Å². The van der Waals surface area contributed by atoms with Gasteiger partial charge in [-0.2, -0.15) is 0 Å². The zero-order chi connectivity index (χ0) is 17.1. The minimum Gasteiger partial charge on any atom is -0.309 e. The number of benzene rings is 3. The summed E-state index contributed by atoms with van der Waals surface area (Å²) in [6.07, 6.45) is 3.66. The zero-order valence-electron chi connectivity index (χ0n) is 14.7. The van der Waals surface area contributed by atoms with Gasteiger partial charge in [0.25, 0.3) is 0 Å². The van der Waals surface area contributed by atoms with E-state index >= 15 is 0 Å². The van der Waals surface area contributed by atoms with Gasteiger partial charge in [0.1, 0.15) is 0 Å². The Morgan fingerprint density at radius 1 is 0.720 bits per heavy atom. The maximum Gasteiger partial charge on any atom is 0.0575 e. The average molecular weight is 327 g/mol. The number of unbranched alkanes of at least 4 members (excludes halogenated alkanes) is 2. The summed E-state index contributed by atoms with van der Waals surface area (Å²) >= 11 is 0. The SMILES string of the molecule is CCCCC[N]c1ccc(-n2c3ccccc3c3ccccc32)cc1. The van der Waals surface area contributed by atoms with E-state index < -0.39 is 0 Å². The lowest BCUT2D eigenvalue weighted by Crippen LogP contribution is -2.00. The summed E-state index contributed by atoms with van der Waals surface area (Å²) in [7, 11) is 0. The topological polar surface area (TPSA) is 19.0 Å².